The average Bonchev–Trinajstić information content (AvgIpc) is 2.01. The third kappa shape index (κ3) is 2.57. The number of hydrogen-bond acceptors (Lipinski definition) is 2. The topological polar surface area (TPSA) is 40.5 Å². The Morgan fingerprint density at radius 3 is 2.50 bits per heavy atom. The predicted octanol–water partition coefficient (Wildman–Crippen LogP) is 1.75. The van der Waals surface area contributed by atoms with Crippen LogP contribution < -0.4 is 0 Å². The molecule has 0 unspecified atom stereocenters. The van der Waals surface area contributed by atoms with Gasteiger partial charge in [0.05, 0.1) is 5.56 Å². The summed E-state index contributed by atoms with van der Waals surface area (Å²) in [5.74, 6) is -0.862. The second kappa shape index (κ2) is 4.24. The fourth-order valence-corrected chi connectivity index (χ4v) is 1.43. The van der Waals surface area contributed by atoms with Gasteiger partial charge >= 0.3 is 5.97 Å². The van der Waals surface area contributed by atoms with Crippen LogP contribution in [0.5, 0.6) is 0 Å². The van der Waals surface area contributed by atoms with Crippen LogP contribution in [0.4, 0.5) is 0 Å². The Hall–Kier alpha value is -1.35. The van der Waals surface area contributed by atoms with Gasteiger partial charge in [-0.2, -0.15) is 0 Å². The summed E-state index contributed by atoms with van der Waals surface area (Å²) in [5.41, 5.74) is 2.34. The van der Waals surface area contributed by atoms with E-state index in [2.05, 4.69) is 4.90 Å². The summed E-state index contributed by atoms with van der Waals surface area (Å²) in [7, 11) is 3.97. The van der Waals surface area contributed by atoms with E-state index in [9.17, 15) is 4.79 Å². The molecule has 0 atom stereocenters. The second-order valence-electron chi connectivity index (χ2n) is 3.69. The van der Waals surface area contributed by atoms with Crippen LogP contribution in [0.3, 0.4) is 0 Å². The molecule has 0 saturated heterocycles. The first-order valence-electron chi connectivity index (χ1n) is 4.48. The lowest BCUT2D eigenvalue weighted by molar-refractivity contribution is 0.0696. The minimum absolute atomic E-state index is 0.382. The molecule has 0 fully saturated rings. The lowest BCUT2D eigenvalue weighted by Gasteiger charge is -2.10. The fraction of sp³-hybridized carbons (Fsp3) is 0.364. The van der Waals surface area contributed by atoms with Gasteiger partial charge in [-0.05, 0) is 38.2 Å². The summed E-state index contributed by atoms with van der Waals surface area (Å²) >= 11 is 0. The second-order valence-corrected chi connectivity index (χ2v) is 3.69. The lowest BCUT2D eigenvalue weighted by Crippen LogP contribution is -2.11. The Balaban J connectivity index is 2.94. The normalized spacial score (nSPS) is 10.6. The highest BCUT2D eigenvalue weighted by Crippen LogP contribution is 2.12. The van der Waals surface area contributed by atoms with Crippen LogP contribution >= 0.6 is 0 Å². The third-order valence-electron chi connectivity index (χ3n) is 2.02. The lowest BCUT2D eigenvalue weighted by atomic mass is 10.1. The maximum Gasteiger partial charge on any atom is 0.335 e. The van der Waals surface area contributed by atoms with Crippen LogP contribution in [0.2, 0.25) is 0 Å². The van der Waals surface area contributed by atoms with Crippen molar-refractivity contribution in [3.05, 3.63) is 34.9 Å². The number of rotatable bonds is 3. The summed E-state index contributed by atoms with van der Waals surface area (Å²) in [5, 5.41) is 8.83. The highest BCUT2D eigenvalue weighted by Gasteiger charge is 2.06. The highest BCUT2D eigenvalue weighted by molar-refractivity contribution is 5.89. The number of nitrogens with zero attached hydrogens (tertiary/aromatic N) is 1. The molecular weight excluding hydrogens is 178 g/mol. The van der Waals surface area contributed by atoms with Gasteiger partial charge in [-0.15, -0.1) is 0 Å². The summed E-state index contributed by atoms with van der Waals surface area (Å²) in [6.07, 6.45) is 0. The highest BCUT2D eigenvalue weighted by atomic mass is 16.4. The van der Waals surface area contributed by atoms with Gasteiger partial charge in [-0.25, -0.2) is 4.79 Å². The number of benzene rings is 1. The minimum Gasteiger partial charge on any atom is -0.478 e. The summed E-state index contributed by atoms with van der Waals surface area (Å²) in [6.45, 7) is 2.66. The van der Waals surface area contributed by atoms with E-state index in [4.69, 9.17) is 5.11 Å². The molecule has 0 spiro atoms. The maximum atomic E-state index is 10.7. The van der Waals surface area contributed by atoms with Gasteiger partial charge in [-0.1, -0.05) is 12.1 Å². The molecule has 1 N–H and O–H groups in total. The predicted molar refractivity (Wildman–Crippen MR) is 55.5 cm³/mol. The summed E-state index contributed by atoms with van der Waals surface area (Å²) in [6, 6.07) is 5.44. The number of aryl methyl sites for hydroxylation is 1. The van der Waals surface area contributed by atoms with Gasteiger partial charge in [0.1, 0.15) is 0 Å². The molecule has 3 heteroatoms. The molecule has 0 aliphatic carbocycles. The Morgan fingerprint density at radius 2 is 2.07 bits per heavy atom. The zero-order valence-electron chi connectivity index (χ0n) is 8.74. The van der Waals surface area contributed by atoms with E-state index in [1.165, 1.54) is 0 Å². The number of hydrogen-bond donors (Lipinski definition) is 1. The van der Waals surface area contributed by atoms with Crippen LogP contribution in [0, 0.1) is 6.92 Å². The maximum absolute atomic E-state index is 10.7. The average molecular weight is 193 g/mol. The molecule has 1 aromatic carbocycles. The molecule has 14 heavy (non-hydrogen) atoms. The van der Waals surface area contributed by atoms with Crippen molar-refractivity contribution in [2.45, 2.75) is 13.5 Å². The molecule has 76 valence electrons. The van der Waals surface area contributed by atoms with Crippen molar-refractivity contribution < 1.29 is 9.90 Å². The zero-order valence-corrected chi connectivity index (χ0v) is 8.74. The first-order valence-corrected chi connectivity index (χ1v) is 4.48. The van der Waals surface area contributed by atoms with E-state index in [1.807, 2.05) is 33.2 Å². The number of carbonyl (C=O) groups is 1. The molecule has 0 aromatic heterocycles. The van der Waals surface area contributed by atoms with Gasteiger partial charge in [0, 0.05) is 6.54 Å². The molecule has 1 aromatic rings. The van der Waals surface area contributed by atoms with E-state index in [0.717, 1.165) is 17.7 Å². The number of carboxylic acids is 1. The molecule has 0 heterocycles. The SMILES string of the molecule is Cc1cc(CN(C)C)ccc1C(=O)O. The van der Waals surface area contributed by atoms with Crippen molar-refractivity contribution in [2.75, 3.05) is 14.1 Å². The van der Waals surface area contributed by atoms with Crippen molar-refractivity contribution in [3.63, 3.8) is 0 Å². The van der Waals surface area contributed by atoms with Crippen molar-refractivity contribution >= 4 is 5.97 Å². The molecule has 3 nitrogen and oxygen atoms in total. The third-order valence-corrected chi connectivity index (χ3v) is 2.02. The van der Waals surface area contributed by atoms with E-state index >= 15 is 0 Å². The van der Waals surface area contributed by atoms with Gasteiger partial charge < -0.3 is 10.0 Å². The molecule has 0 radical (unpaired) electrons. The Kier molecular flexibility index (Phi) is 3.25. The van der Waals surface area contributed by atoms with Crippen LogP contribution in [0.1, 0.15) is 21.5 Å². The van der Waals surface area contributed by atoms with E-state index in [0.29, 0.717) is 5.56 Å². The number of carboxylic acid groups (broad SMARTS) is 1. The molecular formula is C11H15NO2. The molecule has 0 aliphatic rings. The van der Waals surface area contributed by atoms with Crippen LogP contribution in [-0.2, 0) is 6.54 Å². The molecule has 0 saturated carbocycles. The Morgan fingerprint density at radius 1 is 1.43 bits per heavy atom. The molecule has 0 bridgehead atoms. The summed E-state index contributed by atoms with van der Waals surface area (Å²) in [4.78, 5) is 12.8. The van der Waals surface area contributed by atoms with Gasteiger partial charge in [-0.3, -0.25) is 0 Å². The quantitative estimate of drug-likeness (QED) is 0.795. The van der Waals surface area contributed by atoms with E-state index < -0.39 is 5.97 Å². The van der Waals surface area contributed by atoms with Crippen LogP contribution in [0.25, 0.3) is 0 Å². The minimum atomic E-state index is -0.862. The van der Waals surface area contributed by atoms with Crippen molar-refractivity contribution in [1.82, 2.24) is 4.90 Å². The van der Waals surface area contributed by atoms with Gasteiger partial charge in [0.25, 0.3) is 0 Å². The Labute approximate surface area is 84.0 Å². The molecule has 0 amide bonds. The first-order chi connectivity index (χ1) is 6.50. The van der Waals surface area contributed by atoms with Crippen LogP contribution in [-0.4, -0.2) is 30.1 Å². The Bertz CT molecular complexity index is 345. The van der Waals surface area contributed by atoms with Gasteiger partial charge in [0.15, 0.2) is 0 Å². The van der Waals surface area contributed by atoms with Crippen molar-refractivity contribution in [3.8, 4) is 0 Å². The largest absolute Gasteiger partial charge is 0.478 e. The van der Waals surface area contributed by atoms with E-state index in [-0.39, 0.29) is 0 Å². The van der Waals surface area contributed by atoms with Crippen molar-refractivity contribution in [2.24, 2.45) is 0 Å². The van der Waals surface area contributed by atoms with Crippen molar-refractivity contribution in [1.29, 1.82) is 0 Å². The summed E-state index contributed by atoms with van der Waals surface area (Å²) < 4.78 is 0. The molecule has 0 aliphatic heterocycles. The zero-order chi connectivity index (χ0) is 10.7. The van der Waals surface area contributed by atoms with Gasteiger partial charge in [0.2, 0.25) is 0 Å². The standard InChI is InChI=1S/C11H15NO2/c1-8-6-9(7-12(2)3)4-5-10(8)11(13)14/h4-6H,7H2,1-3H3,(H,13,14). The number of aromatic carboxylic acids is 1. The fourth-order valence-electron chi connectivity index (χ4n) is 1.43. The first kappa shape index (κ1) is 10.7. The molecule has 1 rings (SSSR count). The van der Waals surface area contributed by atoms with Crippen LogP contribution in [0.15, 0.2) is 18.2 Å². The monoisotopic (exact) mass is 193 g/mol. The van der Waals surface area contributed by atoms with E-state index in [1.54, 1.807) is 6.07 Å². The smallest absolute Gasteiger partial charge is 0.335 e.